The van der Waals surface area contributed by atoms with Crippen molar-refractivity contribution in [3.63, 3.8) is 0 Å². The van der Waals surface area contributed by atoms with Crippen molar-refractivity contribution in [2.24, 2.45) is 5.92 Å². The summed E-state index contributed by atoms with van der Waals surface area (Å²) in [7, 11) is 1.83. The third-order valence-corrected chi connectivity index (χ3v) is 6.36. The minimum atomic E-state index is -0.257. The van der Waals surface area contributed by atoms with Gasteiger partial charge >= 0.3 is 0 Å². The maximum Gasteiger partial charge on any atom is 0.232 e. The zero-order valence-corrected chi connectivity index (χ0v) is 16.8. The maximum atomic E-state index is 13.2. The highest BCUT2D eigenvalue weighted by molar-refractivity contribution is 6.05. The molecule has 0 aromatic heterocycles. The van der Waals surface area contributed by atoms with Crippen molar-refractivity contribution in [3.05, 3.63) is 42.5 Å². The molecular weight excluding hydrogens is 350 g/mol. The molecule has 2 unspecified atom stereocenters. The molecule has 2 aromatic rings. The van der Waals surface area contributed by atoms with Gasteiger partial charge in [-0.05, 0) is 37.4 Å². The van der Waals surface area contributed by atoms with Crippen molar-refractivity contribution in [3.8, 4) is 0 Å². The van der Waals surface area contributed by atoms with E-state index >= 15 is 0 Å². The Morgan fingerprint density at radius 2 is 1.96 bits per heavy atom. The van der Waals surface area contributed by atoms with Crippen LogP contribution in [0, 0.1) is 5.92 Å². The van der Waals surface area contributed by atoms with E-state index in [-0.39, 0.29) is 17.7 Å². The molecule has 0 aliphatic carbocycles. The van der Waals surface area contributed by atoms with Crippen LogP contribution in [0.1, 0.15) is 26.2 Å². The van der Waals surface area contributed by atoms with E-state index in [9.17, 15) is 9.59 Å². The monoisotopic (exact) mass is 379 g/mol. The third-order valence-electron chi connectivity index (χ3n) is 6.36. The SMILES string of the molecule is CCN1CCCC1CN1CC(C(=O)N(C)c2cccc3ccccc23)CC1=O. The average Bonchev–Trinajstić information content (AvgIpc) is 3.33. The summed E-state index contributed by atoms with van der Waals surface area (Å²) in [5.41, 5.74) is 0.905. The van der Waals surface area contributed by atoms with Crippen LogP contribution >= 0.6 is 0 Å². The van der Waals surface area contributed by atoms with Gasteiger partial charge in [0, 0.05) is 38.0 Å². The summed E-state index contributed by atoms with van der Waals surface area (Å²) < 4.78 is 0. The minimum Gasteiger partial charge on any atom is -0.340 e. The normalized spacial score (nSPS) is 22.9. The smallest absolute Gasteiger partial charge is 0.232 e. The van der Waals surface area contributed by atoms with E-state index < -0.39 is 0 Å². The summed E-state index contributed by atoms with van der Waals surface area (Å²) in [5, 5.41) is 2.18. The van der Waals surface area contributed by atoms with Crippen LogP contribution in [0.2, 0.25) is 0 Å². The van der Waals surface area contributed by atoms with Crippen LogP contribution in [0.4, 0.5) is 5.69 Å². The molecule has 2 heterocycles. The molecule has 0 saturated carbocycles. The zero-order chi connectivity index (χ0) is 19.7. The summed E-state index contributed by atoms with van der Waals surface area (Å²) >= 11 is 0. The van der Waals surface area contributed by atoms with Gasteiger partial charge in [0.05, 0.1) is 11.6 Å². The summed E-state index contributed by atoms with van der Waals surface area (Å²) in [6, 6.07) is 14.5. The fourth-order valence-corrected chi connectivity index (χ4v) is 4.78. The van der Waals surface area contributed by atoms with Crippen molar-refractivity contribution in [2.45, 2.75) is 32.2 Å². The Hall–Kier alpha value is -2.40. The number of hydrogen-bond donors (Lipinski definition) is 0. The molecule has 2 saturated heterocycles. The maximum absolute atomic E-state index is 13.2. The number of amides is 2. The van der Waals surface area contributed by atoms with Crippen molar-refractivity contribution in [1.82, 2.24) is 9.80 Å². The van der Waals surface area contributed by atoms with E-state index in [2.05, 4.69) is 24.0 Å². The van der Waals surface area contributed by atoms with E-state index in [1.165, 1.54) is 6.42 Å². The molecule has 0 radical (unpaired) electrons. The quantitative estimate of drug-likeness (QED) is 0.802. The molecule has 2 aromatic carbocycles. The van der Waals surface area contributed by atoms with Crippen LogP contribution in [0.15, 0.2) is 42.5 Å². The standard InChI is InChI=1S/C23H29N3O2/c1-3-25-13-7-10-19(25)16-26-15-18(14-22(26)27)23(28)24(2)21-12-6-9-17-8-4-5-11-20(17)21/h4-6,8-9,11-12,18-19H,3,7,10,13-16H2,1-2H3. The third kappa shape index (κ3) is 3.51. The molecule has 0 bridgehead atoms. The van der Waals surface area contributed by atoms with Gasteiger partial charge in [-0.3, -0.25) is 14.5 Å². The van der Waals surface area contributed by atoms with Crippen LogP contribution in [-0.4, -0.2) is 60.9 Å². The minimum absolute atomic E-state index is 0.0333. The lowest BCUT2D eigenvalue weighted by Gasteiger charge is -2.28. The molecule has 0 N–H and O–H groups in total. The summed E-state index contributed by atoms with van der Waals surface area (Å²) in [5.74, 6) is -0.105. The summed E-state index contributed by atoms with van der Waals surface area (Å²) in [4.78, 5) is 31.9. The molecule has 0 spiro atoms. The summed E-state index contributed by atoms with van der Waals surface area (Å²) in [6.07, 6.45) is 2.67. The molecule has 2 fully saturated rings. The van der Waals surface area contributed by atoms with Gasteiger partial charge in [-0.15, -0.1) is 0 Å². The molecular formula is C23H29N3O2. The van der Waals surface area contributed by atoms with Gasteiger partial charge in [0.2, 0.25) is 11.8 Å². The number of nitrogens with zero attached hydrogens (tertiary/aromatic N) is 3. The first-order valence-electron chi connectivity index (χ1n) is 10.4. The number of benzene rings is 2. The Morgan fingerprint density at radius 1 is 1.18 bits per heavy atom. The molecule has 2 amide bonds. The lowest BCUT2D eigenvalue weighted by Crippen LogP contribution is -2.41. The van der Waals surface area contributed by atoms with Crippen molar-refractivity contribution < 1.29 is 9.59 Å². The van der Waals surface area contributed by atoms with Crippen LogP contribution < -0.4 is 4.90 Å². The Labute approximate surface area is 166 Å². The Morgan fingerprint density at radius 3 is 2.79 bits per heavy atom. The topological polar surface area (TPSA) is 43.9 Å². The number of carbonyl (C=O) groups is 2. The molecule has 2 aliphatic heterocycles. The predicted molar refractivity (Wildman–Crippen MR) is 112 cm³/mol. The van der Waals surface area contributed by atoms with E-state index in [0.29, 0.717) is 19.0 Å². The highest BCUT2D eigenvalue weighted by atomic mass is 16.2. The summed E-state index contributed by atoms with van der Waals surface area (Å²) in [6.45, 7) is 5.62. The number of rotatable bonds is 5. The average molecular weight is 380 g/mol. The van der Waals surface area contributed by atoms with Gasteiger partial charge in [0.15, 0.2) is 0 Å². The largest absolute Gasteiger partial charge is 0.340 e. The number of anilines is 1. The fourth-order valence-electron chi connectivity index (χ4n) is 4.78. The number of hydrogen-bond acceptors (Lipinski definition) is 3. The van der Waals surface area contributed by atoms with Crippen LogP contribution in [-0.2, 0) is 9.59 Å². The van der Waals surface area contributed by atoms with Gasteiger partial charge in [-0.25, -0.2) is 0 Å². The molecule has 2 atom stereocenters. The lowest BCUT2D eigenvalue weighted by molar-refractivity contribution is -0.129. The lowest BCUT2D eigenvalue weighted by atomic mass is 10.0. The molecule has 4 rings (SSSR count). The Balaban J connectivity index is 1.47. The van der Waals surface area contributed by atoms with Gasteiger partial charge in [0.1, 0.15) is 0 Å². The molecule has 28 heavy (non-hydrogen) atoms. The van der Waals surface area contributed by atoms with Crippen LogP contribution in [0.25, 0.3) is 10.8 Å². The highest BCUT2D eigenvalue weighted by Gasteiger charge is 2.38. The Kier molecular flexibility index (Phi) is 5.36. The number of likely N-dealkylation sites (tertiary alicyclic amines) is 2. The van der Waals surface area contributed by atoms with Crippen molar-refractivity contribution in [2.75, 3.05) is 38.1 Å². The number of carbonyl (C=O) groups excluding carboxylic acids is 2. The van der Waals surface area contributed by atoms with Gasteiger partial charge in [-0.2, -0.15) is 0 Å². The number of fused-ring (bicyclic) bond motifs is 1. The van der Waals surface area contributed by atoms with Gasteiger partial charge in [0.25, 0.3) is 0 Å². The Bertz CT molecular complexity index is 876. The first-order chi connectivity index (χ1) is 13.6. The van der Waals surface area contributed by atoms with Crippen LogP contribution in [0.3, 0.4) is 0 Å². The zero-order valence-electron chi connectivity index (χ0n) is 16.8. The molecule has 5 heteroatoms. The fraction of sp³-hybridized carbons (Fsp3) is 0.478. The van der Waals surface area contributed by atoms with Gasteiger partial charge in [-0.1, -0.05) is 43.3 Å². The van der Waals surface area contributed by atoms with Gasteiger partial charge < -0.3 is 9.80 Å². The van der Waals surface area contributed by atoms with E-state index in [1.807, 2.05) is 42.3 Å². The van der Waals surface area contributed by atoms with E-state index in [0.717, 1.165) is 42.5 Å². The first kappa shape index (κ1) is 18.9. The molecule has 5 nitrogen and oxygen atoms in total. The second-order valence-electron chi connectivity index (χ2n) is 8.02. The molecule has 148 valence electrons. The van der Waals surface area contributed by atoms with E-state index in [1.54, 1.807) is 4.90 Å². The predicted octanol–water partition coefficient (Wildman–Crippen LogP) is 3.14. The number of likely N-dealkylation sites (N-methyl/N-ethyl adjacent to an activating group) is 1. The van der Waals surface area contributed by atoms with Crippen molar-refractivity contribution >= 4 is 28.3 Å². The van der Waals surface area contributed by atoms with Crippen molar-refractivity contribution in [1.29, 1.82) is 0 Å². The second kappa shape index (κ2) is 7.92. The highest BCUT2D eigenvalue weighted by Crippen LogP contribution is 2.29. The van der Waals surface area contributed by atoms with Crippen LogP contribution in [0.5, 0.6) is 0 Å². The first-order valence-corrected chi connectivity index (χ1v) is 10.4. The molecule has 2 aliphatic rings. The second-order valence-corrected chi connectivity index (χ2v) is 8.02. The van der Waals surface area contributed by atoms with E-state index in [4.69, 9.17) is 0 Å².